The molecular weight excluding hydrogens is 188 g/mol. The highest BCUT2D eigenvalue weighted by molar-refractivity contribution is 5.58. The summed E-state index contributed by atoms with van der Waals surface area (Å²) in [6.07, 6.45) is 1.71. The molecule has 0 atom stereocenters. The first-order valence-electron chi connectivity index (χ1n) is 4.91. The van der Waals surface area contributed by atoms with Crippen molar-refractivity contribution in [2.45, 2.75) is 6.92 Å². The summed E-state index contributed by atoms with van der Waals surface area (Å²) >= 11 is 0. The third kappa shape index (κ3) is 2.31. The van der Waals surface area contributed by atoms with Gasteiger partial charge in [-0.2, -0.15) is 4.98 Å². The quantitative estimate of drug-likeness (QED) is 0.763. The van der Waals surface area contributed by atoms with Gasteiger partial charge < -0.3 is 4.74 Å². The lowest BCUT2D eigenvalue weighted by Gasteiger charge is -2.03. The maximum absolute atomic E-state index is 5.25. The van der Waals surface area contributed by atoms with Gasteiger partial charge in [-0.1, -0.05) is 30.3 Å². The standard InChI is InChI=1S/C12H12N2O/c1-2-15-12-13-9-8-11(14-12)10-6-4-3-5-7-10/h3-9H,2H2,1H3. The number of benzene rings is 1. The molecule has 0 spiro atoms. The molecule has 0 bridgehead atoms. The second-order valence-electron chi connectivity index (χ2n) is 3.02. The van der Waals surface area contributed by atoms with Gasteiger partial charge in [0, 0.05) is 11.8 Å². The summed E-state index contributed by atoms with van der Waals surface area (Å²) < 4.78 is 5.25. The summed E-state index contributed by atoms with van der Waals surface area (Å²) in [4.78, 5) is 8.32. The van der Waals surface area contributed by atoms with Crippen LogP contribution in [0, 0.1) is 0 Å². The zero-order valence-electron chi connectivity index (χ0n) is 8.55. The maximum atomic E-state index is 5.25. The Hall–Kier alpha value is -1.90. The second-order valence-corrected chi connectivity index (χ2v) is 3.02. The van der Waals surface area contributed by atoms with Crippen LogP contribution < -0.4 is 4.74 Å². The van der Waals surface area contributed by atoms with E-state index in [0.717, 1.165) is 11.3 Å². The van der Waals surface area contributed by atoms with Crippen molar-refractivity contribution in [1.29, 1.82) is 0 Å². The van der Waals surface area contributed by atoms with E-state index < -0.39 is 0 Å². The molecule has 0 saturated heterocycles. The Labute approximate surface area is 88.8 Å². The predicted octanol–water partition coefficient (Wildman–Crippen LogP) is 2.54. The molecule has 0 N–H and O–H groups in total. The highest BCUT2D eigenvalue weighted by Gasteiger charge is 2.01. The highest BCUT2D eigenvalue weighted by atomic mass is 16.5. The van der Waals surface area contributed by atoms with Gasteiger partial charge in [0.1, 0.15) is 0 Å². The normalized spacial score (nSPS) is 9.93. The molecule has 0 fully saturated rings. The summed E-state index contributed by atoms with van der Waals surface area (Å²) in [6.45, 7) is 2.50. The minimum Gasteiger partial charge on any atom is -0.464 e. The molecule has 2 aromatic rings. The van der Waals surface area contributed by atoms with Gasteiger partial charge >= 0.3 is 6.01 Å². The number of hydrogen-bond donors (Lipinski definition) is 0. The maximum Gasteiger partial charge on any atom is 0.316 e. The topological polar surface area (TPSA) is 35.0 Å². The molecule has 76 valence electrons. The molecule has 1 heterocycles. The summed E-state index contributed by atoms with van der Waals surface area (Å²) in [5, 5.41) is 0. The Morgan fingerprint density at radius 1 is 1.13 bits per heavy atom. The fourth-order valence-corrected chi connectivity index (χ4v) is 1.31. The van der Waals surface area contributed by atoms with Crippen LogP contribution in [0.1, 0.15) is 6.92 Å². The van der Waals surface area contributed by atoms with Crippen molar-refractivity contribution in [2.24, 2.45) is 0 Å². The third-order valence-electron chi connectivity index (χ3n) is 1.98. The van der Waals surface area contributed by atoms with Crippen LogP contribution >= 0.6 is 0 Å². The van der Waals surface area contributed by atoms with Gasteiger partial charge in [-0.25, -0.2) is 4.98 Å². The van der Waals surface area contributed by atoms with Crippen LogP contribution in [0.2, 0.25) is 0 Å². The fourth-order valence-electron chi connectivity index (χ4n) is 1.31. The first kappa shape index (κ1) is 9.65. The molecule has 3 heteroatoms. The molecule has 0 aliphatic heterocycles. The number of hydrogen-bond acceptors (Lipinski definition) is 3. The van der Waals surface area contributed by atoms with Crippen molar-refractivity contribution < 1.29 is 4.74 Å². The lowest BCUT2D eigenvalue weighted by Crippen LogP contribution is -1.97. The number of nitrogens with zero attached hydrogens (tertiary/aromatic N) is 2. The van der Waals surface area contributed by atoms with Crippen molar-refractivity contribution in [3.8, 4) is 17.3 Å². The lowest BCUT2D eigenvalue weighted by atomic mass is 10.1. The largest absolute Gasteiger partial charge is 0.464 e. The van der Waals surface area contributed by atoms with Gasteiger partial charge in [-0.05, 0) is 13.0 Å². The summed E-state index contributed by atoms with van der Waals surface area (Å²) in [5.74, 6) is 0. The van der Waals surface area contributed by atoms with Gasteiger partial charge in [0.15, 0.2) is 0 Å². The van der Waals surface area contributed by atoms with Crippen LogP contribution in [0.15, 0.2) is 42.6 Å². The Balaban J connectivity index is 2.33. The molecule has 15 heavy (non-hydrogen) atoms. The van der Waals surface area contributed by atoms with Crippen molar-refractivity contribution in [1.82, 2.24) is 9.97 Å². The number of aromatic nitrogens is 2. The van der Waals surface area contributed by atoms with E-state index in [1.54, 1.807) is 6.20 Å². The molecular formula is C12H12N2O. The second kappa shape index (κ2) is 4.55. The number of ether oxygens (including phenoxy) is 1. The molecule has 0 radical (unpaired) electrons. The van der Waals surface area contributed by atoms with Crippen LogP contribution in [-0.2, 0) is 0 Å². The van der Waals surface area contributed by atoms with Gasteiger partial charge in [0.25, 0.3) is 0 Å². The summed E-state index contributed by atoms with van der Waals surface area (Å²) in [5.41, 5.74) is 1.95. The monoisotopic (exact) mass is 200 g/mol. The SMILES string of the molecule is CCOc1nccc(-c2ccccc2)n1. The molecule has 3 nitrogen and oxygen atoms in total. The van der Waals surface area contributed by atoms with Crippen molar-refractivity contribution in [2.75, 3.05) is 6.61 Å². The van der Waals surface area contributed by atoms with E-state index in [4.69, 9.17) is 4.74 Å². The summed E-state index contributed by atoms with van der Waals surface area (Å²) in [7, 11) is 0. The van der Waals surface area contributed by atoms with E-state index in [2.05, 4.69) is 9.97 Å². The van der Waals surface area contributed by atoms with E-state index in [1.807, 2.05) is 43.3 Å². The van der Waals surface area contributed by atoms with E-state index in [1.165, 1.54) is 0 Å². The van der Waals surface area contributed by atoms with Crippen LogP contribution in [0.25, 0.3) is 11.3 Å². The van der Waals surface area contributed by atoms with E-state index in [0.29, 0.717) is 12.6 Å². The molecule has 1 aromatic heterocycles. The first-order valence-corrected chi connectivity index (χ1v) is 4.91. The predicted molar refractivity (Wildman–Crippen MR) is 58.6 cm³/mol. The Kier molecular flexibility index (Phi) is 2.93. The molecule has 0 aliphatic rings. The molecule has 0 aliphatic carbocycles. The minimum atomic E-state index is 0.429. The van der Waals surface area contributed by atoms with Crippen molar-refractivity contribution in [3.05, 3.63) is 42.6 Å². The van der Waals surface area contributed by atoms with Crippen LogP contribution in [-0.4, -0.2) is 16.6 Å². The average molecular weight is 200 g/mol. The molecule has 2 rings (SSSR count). The minimum absolute atomic E-state index is 0.429. The first-order chi connectivity index (χ1) is 7.40. The lowest BCUT2D eigenvalue weighted by molar-refractivity contribution is 0.313. The molecule has 1 aromatic carbocycles. The third-order valence-corrected chi connectivity index (χ3v) is 1.98. The smallest absolute Gasteiger partial charge is 0.316 e. The van der Waals surface area contributed by atoms with Crippen LogP contribution in [0.3, 0.4) is 0 Å². The van der Waals surface area contributed by atoms with E-state index in [-0.39, 0.29) is 0 Å². The zero-order valence-corrected chi connectivity index (χ0v) is 8.55. The Morgan fingerprint density at radius 2 is 1.93 bits per heavy atom. The zero-order chi connectivity index (χ0) is 10.5. The van der Waals surface area contributed by atoms with Crippen LogP contribution in [0.5, 0.6) is 6.01 Å². The Morgan fingerprint density at radius 3 is 2.67 bits per heavy atom. The van der Waals surface area contributed by atoms with Gasteiger partial charge in [0.2, 0.25) is 0 Å². The number of rotatable bonds is 3. The average Bonchev–Trinajstić information content (AvgIpc) is 2.31. The molecule has 0 amide bonds. The van der Waals surface area contributed by atoms with Gasteiger partial charge in [0.05, 0.1) is 12.3 Å². The van der Waals surface area contributed by atoms with E-state index >= 15 is 0 Å². The summed E-state index contributed by atoms with van der Waals surface area (Å²) in [6, 6.07) is 12.3. The Bertz CT molecular complexity index is 429. The molecule has 0 unspecified atom stereocenters. The van der Waals surface area contributed by atoms with Crippen LogP contribution in [0.4, 0.5) is 0 Å². The highest BCUT2D eigenvalue weighted by Crippen LogP contribution is 2.17. The fraction of sp³-hybridized carbons (Fsp3) is 0.167. The van der Waals surface area contributed by atoms with Crippen molar-refractivity contribution >= 4 is 0 Å². The van der Waals surface area contributed by atoms with Crippen molar-refractivity contribution in [3.63, 3.8) is 0 Å². The van der Waals surface area contributed by atoms with Gasteiger partial charge in [-0.3, -0.25) is 0 Å². The van der Waals surface area contributed by atoms with E-state index in [9.17, 15) is 0 Å². The van der Waals surface area contributed by atoms with Gasteiger partial charge in [-0.15, -0.1) is 0 Å². The molecule has 0 saturated carbocycles.